The monoisotopic (exact) mass is 193 g/mol. The normalized spacial score (nSPS) is 10.1. The van der Waals surface area contributed by atoms with Crippen LogP contribution in [0.2, 0.25) is 0 Å². The van der Waals surface area contributed by atoms with Gasteiger partial charge in [-0.2, -0.15) is 0 Å². The zero-order valence-corrected chi connectivity index (χ0v) is 7.98. The Labute approximate surface area is 80.5 Å². The fourth-order valence-electron chi connectivity index (χ4n) is 1.01. The van der Waals surface area contributed by atoms with Crippen LogP contribution >= 0.6 is 24.0 Å². The molecule has 0 saturated carbocycles. The van der Waals surface area contributed by atoms with E-state index in [1.807, 2.05) is 29.6 Å². The summed E-state index contributed by atoms with van der Waals surface area (Å²) in [6.45, 7) is 0. The Morgan fingerprint density at radius 2 is 2.08 bits per heavy atom. The largest absolute Gasteiger partial charge is 0.245 e. The van der Waals surface area contributed by atoms with Gasteiger partial charge in [-0.1, -0.05) is 18.2 Å². The van der Waals surface area contributed by atoms with Gasteiger partial charge in [0, 0.05) is 22.0 Å². The molecule has 0 spiro atoms. The molecule has 1 heterocycles. The summed E-state index contributed by atoms with van der Waals surface area (Å²) < 4.78 is 0. The van der Waals surface area contributed by atoms with Crippen LogP contribution in [0.4, 0.5) is 0 Å². The van der Waals surface area contributed by atoms with Crippen LogP contribution in [0.3, 0.4) is 0 Å². The second-order valence-electron chi connectivity index (χ2n) is 2.35. The molecule has 3 heteroatoms. The van der Waals surface area contributed by atoms with Crippen molar-refractivity contribution in [3.05, 3.63) is 35.8 Å². The number of benzene rings is 1. The standard InChI is InChI=1S/C9H7NS2/c11-8-4-2-1-3-7(8)9-10-5-6-12-9/h1-6,11H. The molecular weight excluding hydrogens is 186 g/mol. The van der Waals surface area contributed by atoms with Gasteiger partial charge in [-0.15, -0.1) is 24.0 Å². The van der Waals surface area contributed by atoms with E-state index in [1.54, 1.807) is 17.5 Å². The molecule has 0 amide bonds. The van der Waals surface area contributed by atoms with E-state index in [1.165, 1.54) is 0 Å². The summed E-state index contributed by atoms with van der Waals surface area (Å²) in [5.74, 6) is 0. The highest BCUT2D eigenvalue weighted by Gasteiger charge is 2.02. The average molecular weight is 193 g/mol. The summed E-state index contributed by atoms with van der Waals surface area (Å²) in [7, 11) is 0. The van der Waals surface area contributed by atoms with Crippen LogP contribution in [-0.2, 0) is 0 Å². The summed E-state index contributed by atoms with van der Waals surface area (Å²) in [4.78, 5) is 5.20. The minimum Gasteiger partial charge on any atom is -0.245 e. The van der Waals surface area contributed by atoms with E-state index in [2.05, 4.69) is 17.6 Å². The van der Waals surface area contributed by atoms with Gasteiger partial charge in [0.15, 0.2) is 0 Å². The predicted molar refractivity (Wildman–Crippen MR) is 54.8 cm³/mol. The molecule has 0 N–H and O–H groups in total. The van der Waals surface area contributed by atoms with Crippen molar-refractivity contribution in [2.45, 2.75) is 4.90 Å². The molecule has 0 bridgehead atoms. The van der Waals surface area contributed by atoms with E-state index in [0.29, 0.717) is 0 Å². The Kier molecular flexibility index (Phi) is 2.15. The smallest absolute Gasteiger partial charge is 0.124 e. The molecule has 0 atom stereocenters. The van der Waals surface area contributed by atoms with Crippen molar-refractivity contribution in [3.8, 4) is 10.6 Å². The molecule has 0 fully saturated rings. The van der Waals surface area contributed by atoms with E-state index in [4.69, 9.17) is 0 Å². The van der Waals surface area contributed by atoms with Gasteiger partial charge in [0.1, 0.15) is 5.01 Å². The first-order valence-electron chi connectivity index (χ1n) is 3.56. The van der Waals surface area contributed by atoms with Crippen molar-refractivity contribution < 1.29 is 0 Å². The van der Waals surface area contributed by atoms with Gasteiger partial charge in [-0.25, -0.2) is 4.98 Å². The highest BCUT2D eigenvalue weighted by molar-refractivity contribution is 7.80. The SMILES string of the molecule is Sc1ccccc1-c1nccs1. The predicted octanol–water partition coefficient (Wildman–Crippen LogP) is 3.10. The van der Waals surface area contributed by atoms with Crippen LogP contribution in [0.5, 0.6) is 0 Å². The van der Waals surface area contributed by atoms with E-state index >= 15 is 0 Å². The van der Waals surface area contributed by atoms with Crippen LogP contribution in [0.1, 0.15) is 0 Å². The van der Waals surface area contributed by atoms with Crippen molar-refractivity contribution >= 4 is 24.0 Å². The Morgan fingerprint density at radius 1 is 1.25 bits per heavy atom. The summed E-state index contributed by atoms with van der Waals surface area (Å²) in [6.07, 6.45) is 1.81. The first-order valence-corrected chi connectivity index (χ1v) is 4.88. The maximum Gasteiger partial charge on any atom is 0.124 e. The van der Waals surface area contributed by atoms with Crippen molar-refractivity contribution in [3.63, 3.8) is 0 Å². The van der Waals surface area contributed by atoms with Crippen LogP contribution in [-0.4, -0.2) is 4.98 Å². The van der Waals surface area contributed by atoms with E-state index in [0.717, 1.165) is 15.5 Å². The van der Waals surface area contributed by atoms with E-state index < -0.39 is 0 Å². The quantitative estimate of drug-likeness (QED) is 0.687. The van der Waals surface area contributed by atoms with Crippen LogP contribution in [0.25, 0.3) is 10.6 Å². The van der Waals surface area contributed by atoms with Gasteiger partial charge in [0.25, 0.3) is 0 Å². The maximum absolute atomic E-state index is 4.35. The fourth-order valence-corrected chi connectivity index (χ4v) is 2.03. The minimum atomic E-state index is 0.979. The average Bonchev–Trinajstić information content (AvgIpc) is 2.57. The molecule has 0 aliphatic heterocycles. The van der Waals surface area contributed by atoms with E-state index in [-0.39, 0.29) is 0 Å². The summed E-state index contributed by atoms with van der Waals surface area (Å²) in [6, 6.07) is 7.97. The Bertz CT molecular complexity index is 368. The van der Waals surface area contributed by atoms with E-state index in [9.17, 15) is 0 Å². The van der Waals surface area contributed by atoms with Crippen molar-refractivity contribution in [1.29, 1.82) is 0 Å². The molecule has 1 aromatic heterocycles. The molecule has 2 rings (SSSR count). The lowest BCUT2D eigenvalue weighted by atomic mass is 10.2. The van der Waals surface area contributed by atoms with Crippen molar-refractivity contribution in [2.24, 2.45) is 0 Å². The van der Waals surface area contributed by atoms with Crippen molar-refractivity contribution in [1.82, 2.24) is 4.98 Å². The first kappa shape index (κ1) is 7.83. The van der Waals surface area contributed by atoms with Gasteiger partial charge in [0.05, 0.1) is 0 Å². The second-order valence-corrected chi connectivity index (χ2v) is 3.73. The number of thiazole rings is 1. The number of thiol groups is 1. The molecule has 0 unspecified atom stereocenters. The molecule has 1 nitrogen and oxygen atoms in total. The molecule has 0 aliphatic carbocycles. The lowest BCUT2D eigenvalue weighted by Crippen LogP contribution is -1.76. The topological polar surface area (TPSA) is 12.9 Å². The first-order chi connectivity index (χ1) is 5.88. The summed E-state index contributed by atoms with van der Waals surface area (Å²) in [5, 5.41) is 3.00. The summed E-state index contributed by atoms with van der Waals surface area (Å²) >= 11 is 5.98. The second kappa shape index (κ2) is 3.29. The number of nitrogens with zero attached hydrogens (tertiary/aromatic N) is 1. The molecule has 12 heavy (non-hydrogen) atoms. The van der Waals surface area contributed by atoms with Gasteiger partial charge >= 0.3 is 0 Å². The third kappa shape index (κ3) is 1.38. The highest BCUT2D eigenvalue weighted by Crippen LogP contribution is 2.27. The highest BCUT2D eigenvalue weighted by atomic mass is 32.1. The molecular formula is C9H7NS2. The third-order valence-corrected chi connectivity index (χ3v) is 2.76. The van der Waals surface area contributed by atoms with Crippen LogP contribution in [0.15, 0.2) is 40.7 Å². The fraction of sp³-hybridized carbons (Fsp3) is 0. The molecule has 0 aliphatic rings. The Morgan fingerprint density at radius 3 is 2.75 bits per heavy atom. The molecule has 60 valence electrons. The molecule has 0 radical (unpaired) electrons. The van der Waals surface area contributed by atoms with Crippen LogP contribution < -0.4 is 0 Å². The number of aromatic nitrogens is 1. The van der Waals surface area contributed by atoms with Crippen LogP contribution in [0, 0.1) is 0 Å². The number of hydrogen-bond acceptors (Lipinski definition) is 3. The number of rotatable bonds is 1. The van der Waals surface area contributed by atoms with Gasteiger partial charge in [-0.05, 0) is 6.07 Å². The van der Waals surface area contributed by atoms with Gasteiger partial charge < -0.3 is 0 Å². The third-order valence-electron chi connectivity index (χ3n) is 1.57. The van der Waals surface area contributed by atoms with Crippen molar-refractivity contribution in [2.75, 3.05) is 0 Å². The number of hydrogen-bond donors (Lipinski definition) is 1. The Balaban J connectivity index is 2.55. The molecule has 2 aromatic rings. The Hall–Kier alpha value is -0.800. The molecule has 1 aromatic carbocycles. The molecule has 0 saturated heterocycles. The van der Waals surface area contributed by atoms with Gasteiger partial charge in [-0.3, -0.25) is 0 Å². The zero-order chi connectivity index (χ0) is 8.39. The zero-order valence-electron chi connectivity index (χ0n) is 6.27. The lowest BCUT2D eigenvalue weighted by Gasteiger charge is -1.98. The van der Waals surface area contributed by atoms with Gasteiger partial charge in [0.2, 0.25) is 0 Å². The summed E-state index contributed by atoms with van der Waals surface area (Å²) in [5.41, 5.74) is 1.11. The maximum atomic E-state index is 4.35. The minimum absolute atomic E-state index is 0.979. The lowest BCUT2D eigenvalue weighted by molar-refractivity contribution is 1.37.